The van der Waals surface area contributed by atoms with Crippen LogP contribution in [0, 0.1) is 0 Å². The lowest BCUT2D eigenvalue weighted by Crippen LogP contribution is -2.27. The molecule has 0 saturated carbocycles. The minimum absolute atomic E-state index is 0.251. The lowest BCUT2D eigenvalue weighted by Gasteiger charge is -2.23. The number of carboxylic acid groups (broad SMARTS) is 1. The number of anilines is 3. The SMILES string of the molecule is CC1CCCN1c1cccc(Nc2cc(-c3ccc(C(=O)O)cc3)cn3ncnc23)n1. The third kappa shape index (κ3) is 3.68. The molecule has 0 radical (unpaired) electrons. The topological polar surface area (TPSA) is 95.7 Å². The number of fused-ring (bicyclic) bond motifs is 1. The van der Waals surface area contributed by atoms with Crippen LogP contribution in [-0.2, 0) is 0 Å². The van der Waals surface area contributed by atoms with Crippen molar-refractivity contribution in [2.75, 3.05) is 16.8 Å². The van der Waals surface area contributed by atoms with E-state index in [0.29, 0.717) is 11.7 Å². The summed E-state index contributed by atoms with van der Waals surface area (Å²) in [4.78, 5) is 22.7. The van der Waals surface area contributed by atoms with E-state index in [1.54, 1.807) is 28.8 Å². The Morgan fingerprint density at radius 3 is 2.74 bits per heavy atom. The lowest BCUT2D eigenvalue weighted by atomic mass is 10.1. The molecule has 8 heteroatoms. The number of aromatic nitrogens is 4. The van der Waals surface area contributed by atoms with E-state index in [-0.39, 0.29) is 5.56 Å². The minimum atomic E-state index is -0.945. The molecule has 1 fully saturated rings. The molecule has 0 amide bonds. The summed E-state index contributed by atoms with van der Waals surface area (Å²) in [7, 11) is 0. The first-order valence-electron chi connectivity index (χ1n) is 10.3. The van der Waals surface area contributed by atoms with Crippen LogP contribution in [0.4, 0.5) is 17.3 Å². The van der Waals surface area contributed by atoms with E-state index in [1.165, 1.54) is 19.2 Å². The summed E-state index contributed by atoms with van der Waals surface area (Å²) in [6.07, 6.45) is 5.75. The van der Waals surface area contributed by atoms with E-state index >= 15 is 0 Å². The predicted octanol–water partition coefficient (Wildman–Crippen LogP) is 4.22. The van der Waals surface area contributed by atoms with Crippen molar-refractivity contribution in [2.24, 2.45) is 0 Å². The molecule has 1 aliphatic heterocycles. The number of hydrogen-bond acceptors (Lipinski definition) is 6. The van der Waals surface area contributed by atoms with E-state index in [1.807, 2.05) is 30.5 Å². The number of hydrogen-bond donors (Lipinski definition) is 2. The molecule has 156 valence electrons. The Morgan fingerprint density at radius 2 is 2.00 bits per heavy atom. The van der Waals surface area contributed by atoms with Crippen LogP contribution in [-0.4, -0.2) is 43.2 Å². The Morgan fingerprint density at radius 1 is 1.16 bits per heavy atom. The van der Waals surface area contributed by atoms with Gasteiger partial charge in [-0.25, -0.2) is 19.3 Å². The van der Waals surface area contributed by atoms with Gasteiger partial charge in [-0.15, -0.1) is 0 Å². The van der Waals surface area contributed by atoms with Gasteiger partial charge in [0.2, 0.25) is 0 Å². The highest BCUT2D eigenvalue weighted by atomic mass is 16.4. The molecule has 1 saturated heterocycles. The summed E-state index contributed by atoms with van der Waals surface area (Å²) in [6.45, 7) is 3.25. The Bertz CT molecular complexity index is 1250. The molecular formula is C23H22N6O2. The van der Waals surface area contributed by atoms with Crippen LogP contribution in [0.5, 0.6) is 0 Å². The zero-order valence-electron chi connectivity index (χ0n) is 17.1. The van der Waals surface area contributed by atoms with Crippen LogP contribution in [0.25, 0.3) is 16.8 Å². The second-order valence-electron chi connectivity index (χ2n) is 7.74. The largest absolute Gasteiger partial charge is 0.478 e. The summed E-state index contributed by atoms with van der Waals surface area (Å²) in [5.74, 6) is 0.756. The van der Waals surface area contributed by atoms with Gasteiger partial charge in [0, 0.05) is 24.3 Å². The summed E-state index contributed by atoms with van der Waals surface area (Å²) in [6, 6.07) is 15.2. The van der Waals surface area contributed by atoms with E-state index in [9.17, 15) is 4.79 Å². The number of aromatic carboxylic acids is 1. The third-order valence-electron chi connectivity index (χ3n) is 5.68. The fourth-order valence-electron chi connectivity index (χ4n) is 4.05. The van der Waals surface area contributed by atoms with E-state index in [2.05, 4.69) is 27.2 Å². The van der Waals surface area contributed by atoms with Crippen LogP contribution in [0.3, 0.4) is 0 Å². The summed E-state index contributed by atoms with van der Waals surface area (Å²) >= 11 is 0. The molecule has 0 aliphatic carbocycles. The Balaban J connectivity index is 1.50. The van der Waals surface area contributed by atoms with Crippen molar-refractivity contribution in [3.05, 3.63) is 66.6 Å². The third-order valence-corrected chi connectivity index (χ3v) is 5.68. The van der Waals surface area contributed by atoms with Crippen LogP contribution in [0.2, 0.25) is 0 Å². The van der Waals surface area contributed by atoms with Crippen LogP contribution >= 0.6 is 0 Å². The normalized spacial score (nSPS) is 16.0. The second kappa shape index (κ2) is 7.71. The summed E-state index contributed by atoms with van der Waals surface area (Å²) < 4.78 is 1.70. The molecule has 4 heterocycles. The van der Waals surface area contributed by atoms with Gasteiger partial charge in [0.05, 0.1) is 11.3 Å². The molecule has 8 nitrogen and oxygen atoms in total. The second-order valence-corrected chi connectivity index (χ2v) is 7.74. The number of rotatable bonds is 5. The molecule has 0 spiro atoms. The molecule has 4 aromatic rings. The maximum Gasteiger partial charge on any atom is 0.335 e. The Labute approximate surface area is 179 Å². The van der Waals surface area contributed by atoms with E-state index < -0.39 is 5.97 Å². The molecule has 1 aliphatic rings. The van der Waals surface area contributed by atoms with Gasteiger partial charge in [-0.05, 0) is 55.7 Å². The van der Waals surface area contributed by atoms with Crippen molar-refractivity contribution < 1.29 is 9.90 Å². The van der Waals surface area contributed by atoms with Crippen molar-refractivity contribution in [2.45, 2.75) is 25.8 Å². The maximum atomic E-state index is 11.1. The average Bonchev–Trinajstić information content (AvgIpc) is 3.43. The number of nitrogens with zero attached hydrogens (tertiary/aromatic N) is 5. The Kier molecular flexibility index (Phi) is 4.74. The van der Waals surface area contributed by atoms with Crippen LogP contribution in [0.1, 0.15) is 30.1 Å². The molecule has 3 aromatic heterocycles. The summed E-state index contributed by atoms with van der Waals surface area (Å²) in [5, 5.41) is 16.8. The predicted molar refractivity (Wildman–Crippen MR) is 119 cm³/mol. The molecular weight excluding hydrogens is 392 g/mol. The number of pyridine rings is 2. The van der Waals surface area contributed by atoms with Crippen molar-refractivity contribution in [1.82, 2.24) is 19.6 Å². The standard InChI is InChI=1S/C23H22N6O2/c1-15-4-3-11-28(15)21-6-2-5-20(27-21)26-19-12-18(13-29-22(19)24-14-25-29)16-7-9-17(10-8-16)23(30)31/h2,5-10,12-15H,3-4,11H2,1H3,(H,26,27)(H,30,31). The van der Waals surface area contributed by atoms with Crippen molar-refractivity contribution in [1.29, 1.82) is 0 Å². The van der Waals surface area contributed by atoms with Gasteiger partial charge < -0.3 is 15.3 Å². The molecule has 1 aromatic carbocycles. The monoisotopic (exact) mass is 414 g/mol. The van der Waals surface area contributed by atoms with Crippen molar-refractivity contribution >= 4 is 28.9 Å². The van der Waals surface area contributed by atoms with Gasteiger partial charge in [0.1, 0.15) is 18.0 Å². The van der Waals surface area contributed by atoms with E-state index in [0.717, 1.165) is 35.0 Å². The average molecular weight is 414 g/mol. The highest BCUT2D eigenvalue weighted by Gasteiger charge is 2.21. The lowest BCUT2D eigenvalue weighted by molar-refractivity contribution is 0.0697. The molecule has 1 unspecified atom stereocenters. The Hall–Kier alpha value is -3.94. The smallest absolute Gasteiger partial charge is 0.335 e. The first-order valence-corrected chi connectivity index (χ1v) is 10.3. The van der Waals surface area contributed by atoms with Gasteiger partial charge in [-0.3, -0.25) is 0 Å². The first kappa shape index (κ1) is 19.0. The fraction of sp³-hybridized carbons (Fsp3) is 0.217. The number of benzene rings is 1. The van der Waals surface area contributed by atoms with Crippen LogP contribution < -0.4 is 10.2 Å². The molecule has 1 atom stereocenters. The molecule has 31 heavy (non-hydrogen) atoms. The number of nitrogens with one attached hydrogen (secondary N) is 1. The number of carbonyl (C=O) groups is 1. The van der Waals surface area contributed by atoms with E-state index in [4.69, 9.17) is 10.1 Å². The zero-order valence-corrected chi connectivity index (χ0v) is 17.1. The molecule has 0 bridgehead atoms. The van der Waals surface area contributed by atoms with Gasteiger partial charge in [-0.1, -0.05) is 18.2 Å². The first-order chi connectivity index (χ1) is 15.1. The van der Waals surface area contributed by atoms with Gasteiger partial charge in [0.25, 0.3) is 0 Å². The summed E-state index contributed by atoms with van der Waals surface area (Å²) in [5.41, 5.74) is 3.49. The maximum absolute atomic E-state index is 11.1. The van der Waals surface area contributed by atoms with Gasteiger partial charge in [0.15, 0.2) is 5.65 Å². The van der Waals surface area contributed by atoms with Crippen molar-refractivity contribution in [3.8, 4) is 11.1 Å². The van der Waals surface area contributed by atoms with Crippen molar-refractivity contribution in [3.63, 3.8) is 0 Å². The highest BCUT2D eigenvalue weighted by molar-refractivity contribution is 5.88. The fourth-order valence-corrected chi connectivity index (χ4v) is 4.05. The van der Waals surface area contributed by atoms with Crippen LogP contribution in [0.15, 0.2) is 61.1 Å². The minimum Gasteiger partial charge on any atom is -0.478 e. The quantitative estimate of drug-likeness (QED) is 0.505. The van der Waals surface area contributed by atoms with Gasteiger partial charge in [-0.2, -0.15) is 5.10 Å². The number of carboxylic acids is 1. The van der Waals surface area contributed by atoms with Gasteiger partial charge >= 0.3 is 5.97 Å². The molecule has 2 N–H and O–H groups in total. The zero-order chi connectivity index (χ0) is 21.4. The highest BCUT2D eigenvalue weighted by Crippen LogP contribution is 2.29. The molecule has 5 rings (SSSR count).